The molecule has 0 radical (unpaired) electrons. The van der Waals surface area contributed by atoms with Crippen LogP contribution in [-0.2, 0) is 28.1 Å². The molecule has 1 N–H and O–H groups in total. The summed E-state index contributed by atoms with van der Waals surface area (Å²) >= 11 is 0. The third-order valence-corrected chi connectivity index (χ3v) is 6.98. The highest BCUT2D eigenvalue weighted by molar-refractivity contribution is 6.06. The average Bonchev–Trinajstić information content (AvgIpc) is 3.09. The third kappa shape index (κ3) is 3.11. The summed E-state index contributed by atoms with van der Waals surface area (Å²) in [6.45, 7) is 5.01. The van der Waals surface area contributed by atoms with Crippen molar-refractivity contribution in [1.82, 2.24) is 15.1 Å². The first kappa shape index (κ1) is 20.4. The predicted octanol–water partition coefficient (Wildman–Crippen LogP) is 2.38. The quantitative estimate of drug-likeness (QED) is 0.740. The van der Waals surface area contributed by atoms with Crippen LogP contribution in [0.5, 0.6) is 0 Å². The highest BCUT2D eigenvalue weighted by atomic mass is 16.2. The van der Waals surface area contributed by atoms with Crippen molar-refractivity contribution in [1.29, 1.82) is 0 Å². The molecule has 3 heterocycles. The Morgan fingerprint density at radius 2 is 1.81 bits per heavy atom. The van der Waals surface area contributed by atoms with Gasteiger partial charge in [-0.1, -0.05) is 30.3 Å². The first-order valence-electron chi connectivity index (χ1n) is 11.0. The number of amides is 4. The molecule has 0 spiro atoms. The first-order chi connectivity index (χ1) is 15.3. The monoisotopic (exact) mass is 431 g/mol. The van der Waals surface area contributed by atoms with Crippen LogP contribution < -0.4 is 5.32 Å². The smallest absolute Gasteiger partial charge is 0.255 e. The van der Waals surface area contributed by atoms with Crippen molar-refractivity contribution in [3.8, 4) is 0 Å². The van der Waals surface area contributed by atoms with Gasteiger partial charge in [-0.25, -0.2) is 0 Å². The van der Waals surface area contributed by atoms with Gasteiger partial charge in [-0.05, 0) is 55.5 Å². The molecule has 164 valence electrons. The number of hydrogen-bond acceptors (Lipinski definition) is 4. The molecule has 1 saturated heterocycles. The van der Waals surface area contributed by atoms with Crippen molar-refractivity contribution in [3.63, 3.8) is 0 Å². The molecule has 1 unspecified atom stereocenters. The number of carbonyl (C=O) groups excluding carboxylic acids is 4. The van der Waals surface area contributed by atoms with Crippen LogP contribution in [0.25, 0.3) is 0 Å². The molecule has 2 aromatic carbocycles. The van der Waals surface area contributed by atoms with Crippen LogP contribution >= 0.6 is 0 Å². The molecular formula is C25H25N3O4. The molecule has 0 bridgehead atoms. The molecular weight excluding hydrogens is 406 g/mol. The maximum absolute atomic E-state index is 13.5. The summed E-state index contributed by atoms with van der Waals surface area (Å²) in [7, 11) is 0. The molecule has 0 saturated carbocycles. The van der Waals surface area contributed by atoms with Gasteiger partial charge in [0, 0.05) is 30.6 Å². The molecule has 1 fully saturated rings. The summed E-state index contributed by atoms with van der Waals surface area (Å²) in [4.78, 5) is 53.7. The SMILES string of the molecule is CC1(C)c2ccccc2CCN1C(=O)c1ccc2c(c1)C(=O)N(C1CCC(=O)NC1=O)C2. The molecule has 0 aromatic heterocycles. The summed E-state index contributed by atoms with van der Waals surface area (Å²) in [6.07, 6.45) is 1.32. The molecule has 1 atom stereocenters. The van der Waals surface area contributed by atoms with Gasteiger partial charge in [-0.2, -0.15) is 0 Å². The fourth-order valence-corrected chi connectivity index (χ4v) is 5.19. The number of nitrogens with zero attached hydrogens (tertiary/aromatic N) is 2. The van der Waals surface area contributed by atoms with Crippen molar-refractivity contribution in [3.05, 3.63) is 70.3 Å². The first-order valence-corrected chi connectivity index (χ1v) is 11.0. The van der Waals surface area contributed by atoms with Crippen LogP contribution in [0.1, 0.15) is 64.1 Å². The molecule has 3 aliphatic rings. The Hall–Kier alpha value is -3.48. The summed E-state index contributed by atoms with van der Waals surface area (Å²) in [5.74, 6) is -1.13. The molecule has 3 aliphatic heterocycles. The number of rotatable bonds is 2. The van der Waals surface area contributed by atoms with Gasteiger partial charge in [-0.15, -0.1) is 0 Å². The fourth-order valence-electron chi connectivity index (χ4n) is 5.19. The van der Waals surface area contributed by atoms with Gasteiger partial charge in [-0.3, -0.25) is 24.5 Å². The minimum atomic E-state index is -0.663. The van der Waals surface area contributed by atoms with Crippen molar-refractivity contribution in [2.75, 3.05) is 6.54 Å². The maximum Gasteiger partial charge on any atom is 0.255 e. The molecule has 7 heteroatoms. The minimum absolute atomic E-state index is 0.112. The number of benzene rings is 2. The zero-order chi connectivity index (χ0) is 22.6. The van der Waals surface area contributed by atoms with Crippen molar-refractivity contribution < 1.29 is 19.2 Å². The molecule has 7 nitrogen and oxygen atoms in total. The Morgan fingerprint density at radius 1 is 1.03 bits per heavy atom. The zero-order valence-electron chi connectivity index (χ0n) is 18.2. The number of piperidine rings is 1. The van der Waals surface area contributed by atoms with Gasteiger partial charge < -0.3 is 9.80 Å². The molecule has 5 rings (SSSR count). The largest absolute Gasteiger partial charge is 0.329 e. The van der Waals surface area contributed by atoms with E-state index >= 15 is 0 Å². The Bertz CT molecular complexity index is 1170. The molecule has 32 heavy (non-hydrogen) atoms. The number of hydrogen-bond donors (Lipinski definition) is 1. The summed E-state index contributed by atoms with van der Waals surface area (Å²) in [5, 5.41) is 2.31. The Balaban J connectivity index is 1.41. The summed E-state index contributed by atoms with van der Waals surface area (Å²) < 4.78 is 0. The lowest BCUT2D eigenvalue weighted by Crippen LogP contribution is -2.52. The van der Waals surface area contributed by atoms with Gasteiger partial charge in [0.2, 0.25) is 11.8 Å². The third-order valence-electron chi connectivity index (χ3n) is 6.98. The second-order valence-electron chi connectivity index (χ2n) is 9.19. The Kier molecular flexibility index (Phi) is 4.65. The highest BCUT2D eigenvalue weighted by Gasteiger charge is 2.41. The molecule has 0 aliphatic carbocycles. The van der Waals surface area contributed by atoms with E-state index in [0.29, 0.717) is 30.6 Å². The van der Waals surface area contributed by atoms with Crippen LogP contribution in [-0.4, -0.2) is 46.0 Å². The summed E-state index contributed by atoms with van der Waals surface area (Å²) in [5.41, 5.74) is 3.64. The Labute approximate surface area is 186 Å². The van der Waals surface area contributed by atoms with Crippen LogP contribution in [0, 0.1) is 0 Å². The topological polar surface area (TPSA) is 86.8 Å². The predicted molar refractivity (Wildman–Crippen MR) is 117 cm³/mol. The van der Waals surface area contributed by atoms with Crippen molar-refractivity contribution in [2.45, 2.75) is 51.2 Å². The van der Waals surface area contributed by atoms with E-state index in [-0.39, 0.29) is 24.1 Å². The van der Waals surface area contributed by atoms with E-state index < -0.39 is 17.5 Å². The van der Waals surface area contributed by atoms with Crippen molar-refractivity contribution in [2.24, 2.45) is 0 Å². The number of imide groups is 1. The van der Waals surface area contributed by atoms with E-state index in [1.165, 1.54) is 10.5 Å². The number of fused-ring (bicyclic) bond motifs is 2. The highest BCUT2D eigenvalue weighted by Crippen LogP contribution is 2.36. The minimum Gasteiger partial charge on any atom is -0.329 e. The molecule has 2 aromatic rings. The lowest BCUT2D eigenvalue weighted by Gasteiger charge is -2.44. The zero-order valence-corrected chi connectivity index (χ0v) is 18.2. The lowest BCUT2D eigenvalue weighted by atomic mass is 9.83. The van der Waals surface area contributed by atoms with Gasteiger partial charge in [0.05, 0.1) is 5.54 Å². The standard InChI is InChI=1S/C25H25N3O4/c1-25(2)19-6-4-3-5-15(19)11-12-28(25)23(31)16-7-8-17-14-27(24(32)18(17)13-16)20-9-10-21(29)26-22(20)30/h3-8,13,20H,9-12,14H2,1-2H3,(H,26,29,30). The molecule has 4 amide bonds. The van der Waals surface area contributed by atoms with Gasteiger partial charge in [0.1, 0.15) is 6.04 Å². The van der Waals surface area contributed by atoms with Crippen LogP contribution in [0.4, 0.5) is 0 Å². The van der Waals surface area contributed by atoms with Crippen LogP contribution in [0.3, 0.4) is 0 Å². The fraction of sp³-hybridized carbons (Fsp3) is 0.360. The number of nitrogens with one attached hydrogen (secondary N) is 1. The summed E-state index contributed by atoms with van der Waals surface area (Å²) in [6, 6.07) is 12.7. The normalized spacial score (nSPS) is 21.8. The second-order valence-corrected chi connectivity index (χ2v) is 9.19. The maximum atomic E-state index is 13.5. The second kappa shape index (κ2) is 7.29. The van der Waals surface area contributed by atoms with E-state index in [9.17, 15) is 19.2 Å². The van der Waals surface area contributed by atoms with Gasteiger partial charge in [0.15, 0.2) is 0 Å². The Morgan fingerprint density at radius 3 is 2.59 bits per heavy atom. The van der Waals surface area contributed by atoms with Crippen molar-refractivity contribution >= 4 is 23.6 Å². The lowest BCUT2D eigenvalue weighted by molar-refractivity contribution is -0.136. The van der Waals surface area contributed by atoms with E-state index in [1.54, 1.807) is 18.2 Å². The number of carbonyl (C=O) groups is 4. The average molecular weight is 431 g/mol. The van der Waals surface area contributed by atoms with E-state index in [2.05, 4.69) is 17.4 Å². The van der Waals surface area contributed by atoms with Crippen LogP contribution in [0.15, 0.2) is 42.5 Å². The van der Waals surface area contributed by atoms with Gasteiger partial charge >= 0.3 is 0 Å². The van der Waals surface area contributed by atoms with E-state index in [1.807, 2.05) is 30.9 Å². The van der Waals surface area contributed by atoms with E-state index in [4.69, 9.17) is 0 Å². The van der Waals surface area contributed by atoms with Gasteiger partial charge in [0.25, 0.3) is 11.8 Å². The van der Waals surface area contributed by atoms with E-state index in [0.717, 1.165) is 17.5 Å². The van der Waals surface area contributed by atoms with Crippen LogP contribution in [0.2, 0.25) is 0 Å².